The highest BCUT2D eigenvalue weighted by Gasteiger charge is 2.13. The summed E-state index contributed by atoms with van der Waals surface area (Å²) in [7, 11) is 7.24. The topological polar surface area (TPSA) is 74.5 Å². The minimum absolute atomic E-state index is 0.160. The van der Waals surface area contributed by atoms with Gasteiger partial charge in [-0.25, -0.2) is 4.98 Å². The standard InChI is InChI=1S/C15H21N5O2/c1-10-8-16-15(18-13(10)19(2)3)17-9-11-6-7-12(22-11)14(21)20(4)5/h6-8H,9H2,1-5H3,(H,16,17,18). The molecule has 2 aromatic rings. The van der Waals surface area contributed by atoms with Crippen LogP contribution in [-0.4, -0.2) is 49.0 Å². The van der Waals surface area contributed by atoms with E-state index < -0.39 is 0 Å². The van der Waals surface area contributed by atoms with Crippen molar-refractivity contribution in [3.05, 3.63) is 35.4 Å². The van der Waals surface area contributed by atoms with E-state index >= 15 is 0 Å². The first-order valence-corrected chi connectivity index (χ1v) is 6.93. The average molecular weight is 303 g/mol. The van der Waals surface area contributed by atoms with E-state index in [9.17, 15) is 4.79 Å². The van der Waals surface area contributed by atoms with Crippen molar-refractivity contribution in [2.45, 2.75) is 13.5 Å². The fraction of sp³-hybridized carbons (Fsp3) is 0.400. The van der Waals surface area contributed by atoms with Crippen LogP contribution in [0, 0.1) is 6.92 Å². The molecule has 0 atom stereocenters. The predicted molar refractivity (Wildman–Crippen MR) is 85.1 cm³/mol. The molecule has 2 heterocycles. The Labute approximate surface area is 130 Å². The van der Waals surface area contributed by atoms with Crippen molar-refractivity contribution < 1.29 is 9.21 Å². The molecule has 2 rings (SSSR count). The molecule has 0 aliphatic rings. The van der Waals surface area contributed by atoms with Crippen LogP contribution < -0.4 is 10.2 Å². The van der Waals surface area contributed by atoms with Crippen molar-refractivity contribution in [1.82, 2.24) is 14.9 Å². The van der Waals surface area contributed by atoms with Gasteiger partial charge in [-0.05, 0) is 19.1 Å². The van der Waals surface area contributed by atoms with Crippen molar-refractivity contribution in [2.24, 2.45) is 0 Å². The van der Waals surface area contributed by atoms with Gasteiger partial charge in [0.2, 0.25) is 5.95 Å². The molecule has 0 fully saturated rings. The number of carbonyl (C=O) groups excluding carboxylic acids is 1. The van der Waals surface area contributed by atoms with Crippen molar-refractivity contribution in [1.29, 1.82) is 0 Å². The molecule has 0 aromatic carbocycles. The molecule has 1 amide bonds. The lowest BCUT2D eigenvalue weighted by Gasteiger charge is -2.14. The zero-order chi connectivity index (χ0) is 16.3. The van der Waals surface area contributed by atoms with Crippen LogP contribution in [0.5, 0.6) is 0 Å². The van der Waals surface area contributed by atoms with E-state index in [1.54, 1.807) is 32.4 Å². The smallest absolute Gasteiger partial charge is 0.289 e. The summed E-state index contributed by atoms with van der Waals surface area (Å²) in [5, 5.41) is 3.10. The number of nitrogens with zero attached hydrogens (tertiary/aromatic N) is 4. The van der Waals surface area contributed by atoms with Crippen molar-refractivity contribution in [2.75, 3.05) is 38.4 Å². The van der Waals surface area contributed by atoms with Gasteiger partial charge in [-0.15, -0.1) is 0 Å². The lowest BCUT2D eigenvalue weighted by atomic mass is 10.3. The Hall–Kier alpha value is -2.57. The van der Waals surface area contributed by atoms with E-state index in [1.807, 2.05) is 25.9 Å². The van der Waals surface area contributed by atoms with Gasteiger partial charge in [0.15, 0.2) is 5.76 Å². The summed E-state index contributed by atoms with van der Waals surface area (Å²) in [6, 6.07) is 3.44. The molecule has 118 valence electrons. The molecule has 0 saturated heterocycles. The van der Waals surface area contributed by atoms with Gasteiger partial charge in [-0.3, -0.25) is 4.79 Å². The monoisotopic (exact) mass is 303 g/mol. The SMILES string of the molecule is Cc1cnc(NCc2ccc(C(=O)N(C)C)o2)nc1N(C)C. The maximum absolute atomic E-state index is 11.8. The lowest BCUT2D eigenvalue weighted by molar-refractivity contribution is 0.0795. The Morgan fingerprint density at radius 3 is 2.64 bits per heavy atom. The third kappa shape index (κ3) is 3.55. The molecule has 7 heteroatoms. The first-order valence-electron chi connectivity index (χ1n) is 6.93. The summed E-state index contributed by atoms with van der Waals surface area (Å²) in [6.45, 7) is 2.38. The number of aromatic nitrogens is 2. The second-order valence-electron chi connectivity index (χ2n) is 5.41. The summed E-state index contributed by atoms with van der Waals surface area (Å²) >= 11 is 0. The number of nitrogens with one attached hydrogen (secondary N) is 1. The molecule has 0 radical (unpaired) electrons. The van der Waals surface area contributed by atoms with Gasteiger partial charge in [0.25, 0.3) is 5.91 Å². The number of amides is 1. The predicted octanol–water partition coefficient (Wildman–Crippen LogP) is 1.76. The maximum atomic E-state index is 11.8. The van der Waals surface area contributed by atoms with Gasteiger partial charge in [-0.2, -0.15) is 4.98 Å². The van der Waals surface area contributed by atoms with Gasteiger partial charge >= 0.3 is 0 Å². The number of rotatable bonds is 5. The third-order valence-electron chi connectivity index (χ3n) is 3.07. The van der Waals surface area contributed by atoms with Crippen LogP contribution >= 0.6 is 0 Å². The summed E-state index contributed by atoms with van der Waals surface area (Å²) in [6.07, 6.45) is 1.77. The van der Waals surface area contributed by atoms with Gasteiger partial charge in [0, 0.05) is 40.0 Å². The minimum Gasteiger partial charge on any atom is -0.454 e. The van der Waals surface area contributed by atoms with Gasteiger partial charge in [0.05, 0.1) is 6.54 Å². The normalized spacial score (nSPS) is 10.4. The largest absolute Gasteiger partial charge is 0.454 e. The maximum Gasteiger partial charge on any atom is 0.289 e. The van der Waals surface area contributed by atoms with Crippen molar-refractivity contribution >= 4 is 17.7 Å². The highest BCUT2D eigenvalue weighted by Crippen LogP contribution is 2.16. The first-order chi connectivity index (χ1) is 10.4. The molecule has 7 nitrogen and oxygen atoms in total. The molecule has 0 bridgehead atoms. The van der Waals surface area contributed by atoms with Crippen molar-refractivity contribution in [3.63, 3.8) is 0 Å². The van der Waals surface area contributed by atoms with Crippen LogP contribution in [0.2, 0.25) is 0 Å². The Kier molecular flexibility index (Phi) is 4.65. The summed E-state index contributed by atoms with van der Waals surface area (Å²) < 4.78 is 5.51. The quantitative estimate of drug-likeness (QED) is 0.907. The van der Waals surface area contributed by atoms with Gasteiger partial charge < -0.3 is 19.5 Å². The van der Waals surface area contributed by atoms with E-state index in [0.717, 1.165) is 11.4 Å². The summed E-state index contributed by atoms with van der Waals surface area (Å²) in [5.74, 6) is 2.20. The first kappa shape index (κ1) is 15.8. The van der Waals surface area contributed by atoms with Crippen LogP contribution in [0.4, 0.5) is 11.8 Å². The third-order valence-corrected chi connectivity index (χ3v) is 3.07. The molecule has 0 aliphatic carbocycles. The van der Waals surface area contributed by atoms with Crippen LogP contribution in [0.25, 0.3) is 0 Å². The molecule has 22 heavy (non-hydrogen) atoms. The lowest BCUT2D eigenvalue weighted by Crippen LogP contribution is -2.20. The number of anilines is 2. The van der Waals surface area contributed by atoms with E-state index in [4.69, 9.17) is 4.42 Å². The molecule has 0 spiro atoms. The van der Waals surface area contributed by atoms with Crippen LogP contribution in [0.3, 0.4) is 0 Å². The van der Waals surface area contributed by atoms with E-state index in [-0.39, 0.29) is 5.91 Å². The number of hydrogen-bond donors (Lipinski definition) is 1. The Bertz CT molecular complexity index is 664. The van der Waals surface area contributed by atoms with E-state index in [2.05, 4.69) is 15.3 Å². The average Bonchev–Trinajstić information content (AvgIpc) is 2.94. The second kappa shape index (κ2) is 6.46. The van der Waals surface area contributed by atoms with E-state index in [0.29, 0.717) is 24.0 Å². The van der Waals surface area contributed by atoms with Gasteiger partial charge in [0.1, 0.15) is 11.6 Å². The molecule has 0 aliphatic heterocycles. The molecular weight excluding hydrogens is 282 g/mol. The fourth-order valence-corrected chi connectivity index (χ4v) is 1.95. The summed E-state index contributed by atoms with van der Waals surface area (Å²) in [5.41, 5.74) is 1.01. The Morgan fingerprint density at radius 2 is 2.00 bits per heavy atom. The van der Waals surface area contributed by atoms with Gasteiger partial charge in [-0.1, -0.05) is 0 Å². The number of aryl methyl sites for hydroxylation is 1. The zero-order valence-electron chi connectivity index (χ0n) is 13.5. The second-order valence-corrected chi connectivity index (χ2v) is 5.41. The summed E-state index contributed by atoms with van der Waals surface area (Å²) in [4.78, 5) is 23.9. The Balaban J connectivity index is 2.05. The number of hydrogen-bond acceptors (Lipinski definition) is 6. The number of furan rings is 1. The fourth-order valence-electron chi connectivity index (χ4n) is 1.95. The zero-order valence-corrected chi connectivity index (χ0v) is 13.5. The minimum atomic E-state index is -0.160. The van der Waals surface area contributed by atoms with Crippen LogP contribution in [0.1, 0.15) is 21.9 Å². The molecule has 0 unspecified atom stereocenters. The Morgan fingerprint density at radius 1 is 1.27 bits per heavy atom. The molecule has 1 N–H and O–H groups in total. The molecule has 2 aromatic heterocycles. The number of carbonyl (C=O) groups is 1. The highest BCUT2D eigenvalue weighted by atomic mass is 16.4. The van der Waals surface area contributed by atoms with Crippen LogP contribution in [-0.2, 0) is 6.54 Å². The molecule has 0 saturated carbocycles. The van der Waals surface area contributed by atoms with Crippen LogP contribution in [0.15, 0.2) is 22.7 Å². The van der Waals surface area contributed by atoms with E-state index in [1.165, 1.54) is 4.90 Å². The van der Waals surface area contributed by atoms with Crippen molar-refractivity contribution in [3.8, 4) is 0 Å². The molecular formula is C15H21N5O2. The highest BCUT2D eigenvalue weighted by molar-refractivity contribution is 5.91.